The van der Waals surface area contributed by atoms with E-state index >= 15 is 0 Å². The van der Waals surface area contributed by atoms with Crippen LogP contribution in [0.5, 0.6) is 0 Å². The Balaban J connectivity index is 1.99. The number of rotatable bonds is 12. The minimum absolute atomic E-state index is 0.131. The van der Waals surface area contributed by atoms with E-state index in [1.165, 1.54) is 6.20 Å². The molecule has 1 fully saturated rings. The fourth-order valence-electron chi connectivity index (χ4n) is 5.41. The van der Waals surface area contributed by atoms with Crippen molar-refractivity contribution in [3.63, 3.8) is 0 Å². The number of hydrogen-bond acceptors (Lipinski definition) is 9. The first-order valence-corrected chi connectivity index (χ1v) is 18.5. The fraction of sp³-hybridized carbons (Fsp3) is 0.656. The third-order valence-electron chi connectivity index (χ3n) is 8.12. The molecule has 0 unspecified atom stereocenters. The van der Waals surface area contributed by atoms with Gasteiger partial charge < -0.3 is 30.4 Å². The van der Waals surface area contributed by atoms with Gasteiger partial charge in [-0.2, -0.15) is 4.98 Å². The van der Waals surface area contributed by atoms with E-state index in [0.717, 1.165) is 35.2 Å². The van der Waals surface area contributed by atoms with Gasteiger partial charge in [0, 0.05) is 36.4 Å². The average molecular weight is 628 g/mol. The first-order valence-electron chi connectivity index (χ1n) is 16.0. The zero-order valence-corrected chi connectivity index (χ0v) is 29.3. The molecule has 0 radical (unpaired) electrons. The van der Waals surface area contributed by atoms with Gasteiger partial charge in [0.2, 0.25) is 5.95 Å². The van der Waals surface area contributed by atoms with Gasteiger partial charge in [0.1, 0.15) is 17.0 Å². The zero-order valence-electron chi connectivity index (χ0n) is 28.3. The summed E-state index contributed by atoms with van der Waals surface area (Å²) in [4.78, 5) is 41.4. The topological polar surface area (TPSA) is 145 Å². The molecule has 0 saturated carbocycles. The number of alkyl carbamates (subject to hydrolysis) is 1. The highest BCUT2D eigenvalue weighted by molar-refractivity contribution is 6.73. The molecule has 0 aromatic carbocycles. The first-order chi connectivity index (χ1) is 20.6. The van der Waals surface area contributed by atoms with Gasteiger partial charge >= 0.3 is 6.09 Å². The van der Waals surface area contributed by atoms with Crippen LogP contribution in [0.1, 0.15) is 109 Å². The van der Waals surface area contributed by atoms with Crippen molar-refractivity contribution in [3.8, 4) is 0 Å². The molecule has 11 nitrogen and oxygen atoms in total. The monoisotopic (exact) mass is 627 g/mol. The Kier molecular flexibility index (Phi) is 11.8. The lowest BCUT2D eigenvalue weighted by atomic mass is 10.0. The van der Waals surface area contributed by atoms with Crippen molar-refractivity contribution in [1.29, 1.82) is 0 Å². The number of nitrogens with zero attached hydrogens (tertiary/aromatic N) is 4. The van der Waals surface area contributed by atoms with Crippen LogP contribution in [0, 0.1) is 0 Å². The molecule has 1 aliphatic rings. The summed E-state index contributed by atoms with van der Waals surface area (Å²) in [7, 11) is -1.95. The fourth-order valence-corrected chi connectivity index (χ4v) is 8.29. The smallest absolute Gasteiger partial charge is 0.407 e. The molecule has 2 amide bonds. The highest BCUT2D eigenvalue weighted by atomic mass is 28.4. The van der Waals surface area contributed by atoms with Gasteiger partial charge in [-0.25, -0.2) is 9.78 Å². The molecule has 12 heteroatoms. The van der Waals surface area contributed by atoms with Crippen molar-refractivity contribution in [3.05, 3.63) is 35.3 Å². The standard InChI is InChI=1S/C32H53N7O4Si/c1-11-44(12-2,13-3)43-24-14-23(36-31(41)42-32(8,9)10)18-39(19-24)30-34-17-25(28(33)40)29(38-30)35-22-15-26(20(4)5)37-27(16-22)21(6)7/h15-17,20-21,23-24H,11-14,18-19H2,1-10H3,(H2,33,40)(H,36,41)(H,34,35,37,38)/t23-,24-/m0/s1. The summed E-state index contributed by atoms with van der Waals surface area (Å²) in [6.45, 7) is 21.5. The summed E-state index contributed by atoms with van der Waals surface area (Å²) < 4.78 is 12.5. The van der Waals surface area contributed by atoms with Crippen molar-refractivity contribution in [2.45, 2.75) is 123 Å². The quantitative estimate of drug-likeness (QED) is 0.226. The van der Waals surface area contributed by atoms with E-state index in [1.54, 1.807) is 0 Å². The number of anilines is 3. The van der Waals surface area contributed by atoms with Crippen molar-refractivity contribution in [2.24, 2.45) is 5.73 Å². The van der Waals surface area contributed by atoms with Crippen molar-refractivity contribution in [2.75, 3.05) is 23.3 Å². The number of carbonyl (C=O) groups excluding carboxylic acids is 2. The number of pyridine rings is 1. The molecule has 3 heterocycles. The summed E-state index contributed by atoms with van der Waals surface area (Å²) in [5.41, 5.74) is 7.98. The van der Waals surface area contributed by atoms with Crippen LogP contribution in [0.15, 0.2) is 18.3 Å². The molecule has 1 aliphatic heterocycles. The van der Waals surface area contributed by atoms with E-state index in [9.17, 15) is 9.59 Å². The summed E-state index contributed by atoms with van der Waals surface area (Å²) in [5.74, 6) is 0.541. The number of nitrogens with one attached hydrogen (secondary N) is 2. The molecule has 44 heavy (non-hydrogen) atoms. The number of hydrogen-bond donors (Lipinski definition) is 3. The van der Waals surface area contributed by atoms with Crippen LogP contribution in [0.2, 0.25) is 18.1 Å². The minimum atomic E-state index is -1.95. The van der Waals surface area contributed by atoms with Gasteiger partial charge in [-0.05, 0) is 69.3 Å². The number of primary amides is 1. The molecule has 3 rings (SSSR count). The lowest BCUT2D eigenvalue weighted by molar-refractivity contribution is 0.0477. The maximum Gasteiger partial charge on any atom is 0.407 e. The largest absolute Gasteiger partial charge is 0.444 e. The molecule has 2 aromatic heterocycles. The van der Waals surface area contributed by atoms with Crippen LogP contribution >= 0.6 is 0 Å². The number of amides is 2. The van der Waals surface area contributed by atoms with Crippen LogP contribution in [0.4, 0.5) is 22.2 Å². The minimum Gasteiger partial charge on any atom is -0.444 e. The lowest BCUT2D eigenvalue weighted by Gasteiger charge is -2.42. The van der Waals surface area contributed by atoms with E-state index in [4.69, 9.17) is 24.9 Å². The predicted molar refractivity (Wildman–Crippen MR) is 178 cm³/mol. The van der Waals surface area contributed by atoms with E-state index in [0.29, 0.717) is 31.3 Å². The molecule has 0 bridgehead atoms. The molecule has 0 aliphatic carbocycles. The third kappa shape index (κ3) is 9.37. The number of nitrogens with two attached hydrogens (primary N) is 1. The van der Waals surface area contributed by atoms with E-state index in [1.807, 2.05) is 37.8 Å². The van der Waals surface area contributed by atoms with Crippen molar-refractivity contribution >= 4 is 37.8 Å². The number of piperidine rings is 1. The summed E-state index contributed by atoms with van der Waals surface area (Å²) in [6.07, 6.45) is 1.51. The Hall–Kier alpha value is -3.25. The predicted octanol–water partition coefficient (Wildman–Crippen LogP) is 6.45. The van der Waals surface area contributed by atoms with Crippen molar-refractivity contribution < 1.29 is 18.8 Å². The Labute approximate surface area is 264 Å². The van der Waals surface area contributed by atoms with Crippen LogP contribution in [-0.4, -0.2) is 66.1 Å². The highest BCUT2D eigenvalue weighted by Gasteiger charge is 2.38. The maximum atomic E-state index is 12.8. The second kappa shape index (κ2) is 14.7. The van der Waals surface area contributed by atoms with Gasteiger partial charge in [-0.1, -0.05) is 48.5 Å². The summed E-state index contributed by atoms with van der Waals surface area (Å²) in [5, 5.41) is 6.38. The molecule has 4 N–H and O–H groups in total. The lowest BCUT2D eigenvalue weighted by Crippen LogP contribution is -2.56. The summed E-state index contributed by atoms with van der Waals surface area (Å²) >= 11 is 0. The van der Waals surface area contributed by atoms with Crippen LogP contribution in [0.3, 0.4) is 0 Å². The van der Waals surface area contributed by atoms with Crippen LogP contribution in [0.25, 0.3) is 0 Å². The molecule has 2 aromatic rings. The number of carbonyl (C=O) groups is 2. The third-order valence-corrected chi connectivity index (χ3v) is 12.8. The Morgan fingerprint density at radius 1 is 1.02 bits per heavy atom. The van der Waals surface area contributed by atoms with Crippen molar-refractivity contribution in [1.82, 2.24) is 20.3 Å². The highest BCUT2D eigenvalue weighted by Crippen LogP contribution is 2.30. The second-order valence-electron chi connectivity index (χ2n) is 13.4. The van der Waals surface area contributed by atoms with Crippen LogP contribution < -0.4 is 21.3 Å². The van der Waals surface area contributed by atoms with Gasteiger partial charge in [-0.15, -0.1) is 0 Å². The zero-order chi connectivity index (χ0) is 32.8. The van der Waals surface area contributed by atoms with E-state index < -0.39 is 25.9 Å². The molecule has 1 saturated heterocycles. The molecule has 2 atom stereocenters. The Bertz CT molecular complexity index is 1260. The maximum absolute atomic E-state index is 12.8. The second-order valence-corrected chi connectivity index (χ2v) is 18.1. The molecular formula is C32H53N7O4Si. The molecular weight excluding hydrogens is 574 g/mol. The number of ether oxygens (including phenoxy) is 1. The SMILES string of the molecule is CC[Si](CC)(CC)O[C@H]1C[C@H](NC(=O)OC(C)(C)C)CN(c2ncc(C(N)=O)c(Nc3cc(C(C)C)nc(C(C)C)c3)n2)C1. The average Bonchev–Trinajstić information content (AvgIpc) is 2.94. The van der Waals surface area contributed by atoms with Crippen LogP contribution in [-0.2, 0) is 9.16 Å². The Morgan fingerprint density at radius 2 is 1.61 bits per heavy atom. The molecule has 0 spiro atoms. The molecule has 244 valence electrons. The Morgan fingerprint density at radius 3 is 2.11 bits per heavy atom. The van der Waals surface area contributed by atoms with Gasteiger partial charge in [-0.3, -0.25) is 9.78 Å². The van der Waals surface area contributed by atoms with Gasteiger partial charge in [0.25, 0.3) is 5.91 Å². The number of aromatic nitrogens is 3. The first kappa shape index (κ1) is 35.2. The van der Waals surface area contributed by atoms with E-state index in [-0.39, 0.29) is 29.5 Å². The van der Waals surface area contributed by atoms with Gasteiger partial charge in [0.15, 0.2) is 8.32 Å². The van der Waals surface area contributed by atoms with Gasteiger partial charge in [0.05, 0.1) is 12.1 Å². The van der Waals surface area contributed by atoms with E-state index in [2.05, 4.69) is 64.1 Å². The summed E-state index contributed by atoms with van der Waals surface area (Å²) in [6, 6.07) is 6.74. The normalized spacial score (nSPS) is 17.6.